The van der Waals surface area contributed by atoms with Gasteiger partial charge in [-0.1, -0.05) is 24.3 Å². The highest BCUT2D eigenvalue weighted by atomic mass is 16.1. The molecule has 1 aromatic heterocycles. The third-order valence-electron chi connectivity index (χ3n) is 2.63. The minimum absolute atomic E-state index is 0.619. The maximum atomic E-state index is 10.9. The lowest BCUT2D eigenvalue weighted by Crippen LogP contribution is -1.82. The number of aromatic nitrogens is 1. The second-order valence-electron chi connectivity index (χ2n) is 3.42. The Hall–Kier alpha value is -2.18. The van der Waals surface area contributed by atoms with Gasteiger partial charge in [0.05, 0.1) is 11.3 Å². The van der Waals surface area contributed by atoms with Crippen molar-refractivity contribution in [2.75, 3.05) is 0 Å². The van der Waals surface area contributed by atoms with E-state index in [1.807, 2.05) is 42.3 Å². The van der Waals surface area contributed by atoms with Crippen molar-refractivity contribution in [3.63, 3.8) is 0 Å². The first-order valence-corrected chi connectivity index (χ1v) is 4.72. The molecule has 0 aliphatic heterocycles. The number of pyridine rings is 1. The van der Waals surface area contributed by atoms with Crippen molar-refractivity contribution in [1.82, 2.24) is 4.98 Å². The molecule has 2 heteroatoms. The number of hydrogen-bond donors (Lipinski definition) is 0. The van der Waals surface area contributed by atoms with Crippen molar-refractivity contribution in [2.45, 2.75) is 0 Å². The third-order valence-corrected chi connectivity index (χ3v) is 2.63. The summed E-state index contributed by atoms with van der Waals surface area (Å²) in [5.74, 6) is 2.00. The lowest BCUT2D eigenvalue weighted by molar-refractivity contribution is 0.569. The summed E-state index contributed by atoms with van der Waals surface area (Å²) < 4.78 is 0. The van der Waals surface area contributed by atoms with Gasteiger partial charge in [-0.3, -0.25) is 4.98 Å². The van der Waals surface area contributed by atoms with E-state index in [0.29, 0.717) is 5.57 Å². The normalized spacial score (nSPS) is 11.9. The minimum atomic E-state index is 0.619. The Morgan fingerprint density at radius 3 is 2.47 bits per heavy atom. The summed E-state index contributed by atoms with van der Waals surface area (Å²) in [6.45, 7) is 0. The van der Waals surface area contributed by atoms with Gasteiger partial charge in [-0.05, 0) is 12.1 Å². The van der Waals surface area contributed by atoms with Crippen molar-refractivity contribution in [3.8, 4) is 11.3 Å². The van der Waals surface area contributed by atoms with Gasteiger partial charge in [-0.2, -0.15) is 0 Å². The zero-order chi connectivity index (χ0) is 10.3. The molecule has 1 aliphatic rings. The molecular weight excluding hydrogens is 186 g/mol. The number of fused-ring (bicyclic) bond motifs is 3. The van der Waals surface area contributed by atoms with Gasteiger partial charge in [0.15, 0.2) is 0 Å². The van der Waals surface area contributed by atoms with Crippen molar-refractivity contribution in [3.05, 3.63) is 53.7 Å². The van der Waals surface area contributed by atoms with E-state index in [1.165, 1.54) is 0 Å². The highest BCUT2D eigenvalue weighted by Gasteiger charge is 2.24. The molecule has 0 saturated carbocycles. The van der Waals surface area contributed by atoms with E-state index in [-0.39, 0.29) is 0 Å². The molecule has 2 aromatic rings. The van der Waals surface area contributed by atoms with Crippen LogP contribution in [0, 0.1) is 0 Å². The van der Waals surface area contributed by atoms with Crippen LogP contribution in [0.25, 0.3) is 16.8 Å². The van der Waals surface area contributed by atoms with E-state index < -0.39 is 0 Å². The first-order valence-electron chi connectivity index (χ1n) is 4.72. The average Bonchev–Trinajstić information content (AvgIpc) is 2.63. The first kappa shape index (κ1) is 8.16. The Kier molecular flexibility index (Phi) is 1.58. The number of hydrogen-bond acceptors (Lipinski definition) is 2. The second-order valence-corrected chi connectivity index (χ2v) is 3.42. The lowest BCUT2D eigenvalue weighted by atomic mass is 10.1. The molecule has 0 fully saturated rings. The summed E-state index contributed by atoms with van der Waals surface area (Å²) in [4.78, 5) is 15.2. The van der Waals surface area contributed by atoms with Crippen LogP contribution in [-0.2, 0) is 4.79 Å². The van der Waals surface area contributed by atoms with Gasteiger partial charge >= 0.3 is 0 Å². The van der Waals surface area contributed by atoms with Crippen molar-refractivity contribution >= 4 is 11.5 Å². The molecule has 0 bridgehead atoms. The third kappa shape index (κ3) is 0.997. The summed E-state index contributed by atoms with van der Waals surface area (Å²) in [5.41, 5.74) is 4.33. The molecule has 0 amide bonds. The monoisotopic (exact) mass is 193 g/mol. The van der Waals surface area contributed by atoms with Crippen molar-refractivity contribution < 1.29 is 4.79 Å². The zero-order valence-electron chi connectivity index (χ0n) is 7.90. The molecule has 0 unspecified atom stereocenters. The van der Waals surface area contributed by atoms with Gasteiger partial charge in [0, 0.05) is 22.9 Å². The molecule has 0 saturated heterocycles. The zero-order valence-corrected chi connectivity index (χ0v) is 7.90. The summed E-state index contributed by atoms with van der Waals surface area (Å²) >= 11 is 0. The topological polar surface area (TPSA) is 30.0 Å². The quantitative estimate of drug-likeness (QED) is 0.513. The molecule has 70 valence electrons. The standard InChI is InChI=1S/C13H7NO/c15-8-12-9-4-1-2-5-10(9)13-11(12)6-3-7-14-13/h1-7H. The van der Waals surface area contributed by atoms with Crippen molar-refractivity contribution in [2.24, 2.45) is 0 Å². The SMILES string of the molecule is O=C=C1c2ccccc2-c2ncccc21. The molecule has 0 atom stereocenters. The van der Waals surface area contributed by atoms with Gasteiger partial charge in [0.2, 0.25) is 0 Å². The van der Waals surface area contributed by atoms with Gasteiger partial charge < -0.3 is 0 Å². The van der Waals surface area contributed by atoms with Crippen LogP contribution in [0.5, 0.6) is 0 Å². The van der Waals surface area contributed by atoms with Crippen LogP contribution in [0.2, 0.25) is 0 Å². The van der Waals surface area contributed by atoms with E-state index in [1.54, 1.807) is 6.20 Å². The second kappa shape index (κ2) is 2.91. The molecule has 15 heavy (non-hydrogen) atoms. The Labute approximate surface area is 86.9 Å². The van der Waals surface area contributed by atoms with E-state index in [0.717, 1.165) is 22.4 Å². The Morgan fingerprint density at radius 2 is 1.67 bits per heavy atom. The van der Waals surface area contributed by atoms with Gasteiger partial charge in [-0.25, -0.2) is 4.79 Å². The van der Waals surface area contributed by atoms with E-state index >= 15 is 0 Å². The van der Waals surface area contributed by atoms with E-state index in [9.17, 15) is 4.79 Å². The van der Waals surface area contributed by atoms with Crippen LogP contribution >= 0.6 is 0 Å². The molecule has 1 aromatic carbocycles. The Balaban J connectivity index is 2.47. The van der Waals surface area contributed by atoms with Gasteiger partial charge in [-0.15, -0.1) is 0 Å². The minimum Gasteiger partial charge on any atom is -0.256 e. The summed E-state index contributed by atoms with van der Waals surface area (Å²) in [7, 11) is 0. The first-order chi connectivity index (χ1) is 7.42. The molecule has 0 spiro atoms. The molecule has 0 N–H and O–H groups in total. The number of carbonyl (C=O) groups excluding carboxylic acids is 1. The number of benzene rings is 1. The molecular formula is C13H7NO. The predicted molar refractivity (Wildman–Crippen MR) is 57.9 cm³/mol. The Morgan fingerprint density at radius 1 is 0.933 bits per heavy atom. The highest BCUT2D eigenvalue weighted by molar-refractivity contribution is 6.09. The van der Waals surface area contributed by atoms with Crippen LogP contribution in [0.3, 0.4) is 0 Å². The fourth-order valence-electron chi connectivity index (χ4n) is 1.98. The largest absolute Gasteiger partial charge is 0.256 e. The van der Waals surface area contributed by atoms with Gasteiger partial charge in [0.25, 0.3) is 0 Å². The molecule has 1 heterocycles. The molecule has 1 aliphatic carbocycles. The summed E-state index contributed by atoms with van der Waals surface area (Å²) in [6.07, 6.45) is 1.74. The maximum absolute atomic E-state index is 10.9. The molecule has 2 nitrogen and oxygen atoms in total. The lowest BCUT2D eigenvalue weighted by Gasteiger charge is -1.96. The predicted octanol–water partition coefficient (Wildman–Crippen LogP) is 2.33. The smallest absolute Gasteiger partial charge is 0.133 e. The molecule has 0 radical (unpaired) electrons. The van der Waals surface area contributed by atoms with Crippen molar-refractivity contribution in [1.29, 1.82) is 0 Å². The number of rotatable bonds is 0. The average molecular weight is 193 g/mol. The van der Waals surface area contributed by atoms with Gasteiger partial charge in [0.1, 0.15) is 5.94 Å². The van der Waals surface area contributed by atoms with Crippen LogP contribution in [-0.4, -0.2) is 10.9 Å². The fraction of sp³-hybridized carbons (Fsp3) is 0. The summed E-state index contributed by atoms with van der Waals surface area (Å²) in [6, 6.07) is 11.5. The van der Waals surface area contributed by atoms with Crippen LogP contribution < -0.4 is 0 Å². The van der Waals surface area contributed by atoms with Crippen LogP contribution in [0.15, 0.2) is 42.6 Å². The summed E-state index contributed by atoms with van der Waals surface area (Å²) in [5, 5.41) is 0. The molecule has 3 rings (SSSR count). The fourth-order valence-corrected chi connectivity index (χ4v) is 1.98. The van der Waals surface area contributed by atoms with E-state index in [2.05, 4.69) is 4.98 Å². The maximum Gasteiger partial charge on any atom is 0.133 e. The van der Waals surface area contributed by atoms with Crippen LogP contribution in [0.4, 0.5) is 0 Å². The van der Waals surface area contributed by atoms with E-state index in [4.69, 9.17) is 0 Å². The number of nitrogens with zero attached hydrogens (tertiary/aromatic N) is 1. The Bertz CT molecular complexity index is 547. The van der Waals surface area contributed by atoms with Crippen LogP contribution in [0.1, 0.15) is 11.1 Å². The highest BCUT2D eigenvalue weighted by Crippen LogP contribution is 2.40.